The summed E-state index contributed by atoms with van der Waals surface area (Å²) < 4.78 is 6.70. The first-order chi connectivity index (χ1) is 6.75. The minimum absolute atomic E-state index is 0.194. The van der Waals surface area contributed by atoms with Crippen LogP contribution in [0.4, 0.5) is 5.82 Å². The molecular weight excluding hydrogens is 184 g/mol. The second-order valence-corrected chi connectivity index (χ2v) is 2.55. The smallest absolute Gasteiger partial charge is 0.342 e. The lowest BCUT2D eigenvalue weighted by Crippen LogP contribution is -1.98. The van der Waals surface area contributed by atoms with Crippen LogP contribution in [0.1, 0.15) is 0 Å². The minimum atomic E-state index is 0.194. The van der Waals surface area contributed by atoms with E-state index in [1.165, 1.54) is 23.4 Å². The summed E-state index contributed by atoms with van der Waals surface area (Å²) in [5, 5.41) is 3.91. The third-order valence-electron chi connectivity index (χ3n) is 1.46. The normalized spacial score (nSPS) is 10.1. The zero-order chi connectivity index (χ0) is 9.97. The number of aromatic nitrogens is 5. The van der Waals surface area contributed by atoms with Gasteiger partial charge in [0.25, 0.3) is 5.88 Å². The fourth-order valence-corrected chi connectivity index (χ4v) is 0.867. The van der Waals surface area contributed by atoms with Crippen LogP contribution in [0.3, 0.4) is 0 Å². The molecule has 2 heterocycles. The molecule has 7 nitrogen and oxygen atoms in total. The van der Waals surface area contributed by atoms with E-state index in [2.05, 4.69) is 20.1 Å². The topological polar surface area (TPSA) is 91.7 Å². The molecule has 72 valence electrons. The molecule has 0 amide bonds. The van der Waals surface area contributed by atoms with Crippen molar-refractivity contribution in [2.75, 3.05) is 5.73 Å². The van der Waals surface area contributed by atoms with E-state index < -0.39 is 0 Å². The predicted molar refractivity (Wildman–Crippen MR) is 47.5 cm³/mol. The van der Waals surface area contributed by atoms with Gasteiger partial charge < -0.3 is 10.5 Å². The van der Waals surface area contributed by atoms with Crippen LogP contribution in [-0.2, 0) is 7.05 Å². The summed E-state index contributed by atoms with van der Waals surface area (Å²) in [6.07, 6.45) is 4.48. The van der Waals surface area contributed by atoms with Gasteiger partial charge in [-0.2, -0.15) is 4.98 Å². The summed E-state index contributed by atoms with van der Waals surface area (Å²) >= 11 is 0. The van der Waals surface area contributed by atoms with Crippen LogP contribution in [0, 0.1) is 0 Å². The van der Waals surface area contributed by atoms with Gasteiger partial charge in [-0.1, -0.05) is 0 Å². The van der Waals surface area contributed by atoms with Crippen molar-refractivity contribution in [1.29, 1.82) is 0 Å². The Balaban J connectivity index is 2.23. The van der Waals surface area contributed by atoms with Crippen molar-refractivity contribution < 1.29 is 4.74 Å². The van der Waals surface area contributed by atoms with E-state index in [0.29, 0.717) is 0 Å². The second kappa shape index (κ2) is 3.29. The standard InChI is InChI=1S/C7H8N6O/c1-13-4-11-7(12-13)14-6-5(8)9-2-3-10-6/h2-4H,1H3,(H2,8,9). The number of anilines is 1. The van der Waals surface area contributed by atoms with Gasteiger partial charge in [0, 0.05) is 19.4 Å². The van der Waals surface area contributed by atoms with Gasteiger partial charge in [0.2, 0.25) is 0 Å². The molecule has 0 aliphatic carbocycles. The monoisotopic (exact) mass is 192 g/mol. The molecule has 0 fully saturated rings. The molecule has 2 rings (SSSR count). The molecule has 2 N–H and O–H groups in total. The van der Waals surface area contributed by atoms with Crippen molar-refractivity contribution in [1.82, 2.24) is 24.7 Å². The number of hydrogen-bond acceptors (Lipinski definition) is 6. The maximum atomic E-state index is 5.51. The number of nitrogens with zero attached hydrogens (tertiary/aromatic N) is 5. The minimum Gasteiger partial charge on any atom is -0.400 e. The highest BCUT2D eigenvalue weighted by molar-refractivity contribution is 5.39. The molecule has 0 aliphatic rings. The molecule has 0 radical (unpaired) electrons. The Hall–Kier alpha value is -2.18. The van der Waals surface area contributed by atoms with E-state index >= 15 is 0 Å². The SMILES string of the molecule is Cn1cnc(Oc2nccnc2N)n1. The molecule has 0 spiro atoms. The highest BCUT2D eigenvalue weighted by atomic mass is 16.5. The molecule has 0 aromatic carbocycles. The molecule has 0 atom stereocenters. The van der Waals surface area contributed by atoms with Crippen LogP contribution in [-0.4, -0.2) is 24.7 Å². The average molecular weight is 192 g/mol. The van der Waals surface area contributed by atoms with Gasteiger partial charge in [0.1, 0.15) is 6.33 Å². The maximum absolute atomic E-state index is 5.51. The second-order valence-electron chi connectivity index (χ2n) is 2.55. The number of nitrogen functional groups attached to an aromatic ring is 1. The number of hydrogen-bond donors (Lipinski definition) is 1. The first kappa shape index (κ1) is 8.42. The Morgan fingerprint density at radius 1 is 1.29 bits per heavy atom. The first-order valence-electron chi connectivity index (χ1n) is 3.85. The Kier molecular flexibility index (Phi) is 1.98. The van der Waals surface area contributed by atoms with Crippen LogP contribution < -0.4 is 10.5 Å². The Morgan fingerprint density at radius 2 is 2.07 bits per heavy atom. The number of ether oxygens (including phenoxy) is 1. The van der Waals surface area contributed by atoms with Crippen molar-refractivity contribution in [3.05, 3.63) is 18.7 Å². The molecule has 0 saturated heterocycles. The molecule has 0 unspecified atom stereocenters. The zero-order valence-electron chi connectivity index (χ0n) is 7.45. The maximum Gasteiger partial charge on any atom is 0.342 e. The fourth-order valence-electron chi connectivity index (χ4n) is 0.867. The largest absolute Gasteiger partial charge is 0.400 e. The van der Waals surface area contributed by atoms with Gasteiger partial charge in [-0.25, -0.2) is 9.97 Å². The molecular formula is C7H8N6O. The molecule has 7 heteroatoms. The van der Waals surface area contributed by atoms with Crippen LogP contribution >= 0.6 is 0 Å². The summed E-state index contributed by atoms with van der Waals surface area (Å²) in [6, 6.07) is 0.194. The molecule has 2 aromatic heterocycles. The van der Waals surface area contributed by atoms with Crippen LogP contribution in [0.25, 0.3) is 0 Å². The summed E-state index contributed by atoms with van der Waals surface area (Å²) in [5.41, 5.74) is 5.51. The van der Waals surface area contributed by atoms with Gasteiger partial charge in [0.15, 0.2) is 5.82 Å². The van der Waals surface area contributed by atoms with Crippen LogP contribution in [0.5, 0.6) is 11.9 Å². The Labute approximate surface area is 79.6 Å². The summed E-state index contributed by atoms with van der Waals surface area (Å²) in [4.78, 5) is 11.6. The van der Waals surface area contributed by atoms with Gasteiger partial charge >= 0.3 is 6.01 Å². The van der Waals surface area contributed by atoms with Crippen molar-refractivity contribution >= 4 is 5.82 Å². The number of aryl methyl sites for hydroxylation is 1. The quantitative estimate of drug-likeness (QED) is 0.718. The third-order valence-corrected chi connectivity index (χ3v) is 1.46. The third kappa shape index (κ3) is 1.60. The summed E-state index contributed by atoms with van der Waals surface area (Å²) in [6.45, 7) is 0. The number of nitrogens with two attached hydrogens (primary N) is 1. The average Bonchev–Trinajstić information content (AvgIpc) is 2.56. The highest BCUT2D eigenvalue weighted by Crippen LogP contribution is 2.18. The first-order valence-corrected chi connectivity index (χ1v) is 3.85. The van der Waals surface area contributed by atoms with E-state index in [4.69, 9.17) is 10.5 Å². The van der Waals surface area contributed by atoms with E-state index in [0.717, 1.165) is 0 Å². The lowest BCUT2D eigenvalue weighted by atomic mass is 10.6. The van der Waals surface area contributed by atoms with Gasteiger partial charge in [0.05, 0.1) is 0 Å². The predicted octanol–water partition coefficient (Wildman–Crippen LogP) is -0.0204. The van der Waals surface area contributed by atoms with Crippen LogP contribution in [0.15, 0.2) is 18.7 Å². The van der Waals surface area contributed by atoms with Gasteiger partial charge in [-0.15, -0.1) is 5.10 Å². The van der Waals surface area contributed by atoms with E-state index in [9.17, 15) is 0 Å². The van der Waals surface area contributed by atoms with Crippen molar-refractivity contribution in [3.63, 3.8) is 0 Å². The van der Waals surface area contributed by atoms with Crippen molar-refractivity contribution in [2.24, 2.45) is 7.05 Å². The highest BCUT2D eigenvalue weighted by Gasteiger charge is 2.06. The van der Waals surface area contributed by atoms with Gasteiger partial charge in [-0.3, -0.25) is 4.68 Å². The lowest BCUT2D eigenvalue weighted by molar-refractivity contribution is 0.423. The fraction of sp³-hybridized carbons (Fsp3) is 0.143. The van der Waals surface area contributed by atoms with Crippen LogP contribution in [0.2, 0.25) is 0 Å². The van der Waals surface area contributed by atoms with Gasteiger partial charge in [-0.05, 0) is 0 Å². The van der Waals surface area contributed by atoms with Crippen molar-refractivity contribution in [3.8, 4) is 11.9 Å². The van der Waals surface area contributed by atoms with E-state index in [1.54, 1.807) is 7.05 Å². The molecule has 14 heavy (non-hydrogen) atoms. The molecule has 2 aromatic rings. The molecule has 0 bridgehead atoms. The zero-order valence-corrected chi connectivity index (χ0v) is 7.45. The van der Waals surface area contributed by atoms with E-state index in [1.807, 2.05) is 0 Å². The molecule has 0 aliphatic heterocycles. The summed E-state index contributed by atoms with van der Waals surface area (Å²) in [5.74, 6) is 0.415. The Bertz CT molecular complexity index is 439. The van der Waals surface area contributed by atoms with E-state index in [-0.39, 0.29) is 17.7 Å². The number of rotatable bonds is 2. The molecule has 0 saturated carbocycles. The summed E-state index contributed by atoms with van der Waals surface area (Å²) in [7, 11) is 1.74. The Morgan fingerprint density at radius 3 is 2.71 bits per heavy atom. The lowest BCUT2D eigenvalue weighted by Gasteiger charge is -2.00. The van der Waals surface area contributed by atoms with Crippen molar-refractivity contribution in [2.45, 2.75) is 0 Å².